The smallest absolute Gasteiger partial charge is 0.350 e. The second kappa shape index (κ2) is 10.1. The third-order valence-corrected chi connectivity index (χ3v) is 6.82. The first-order valence-electron chi connectivity index (χ1n) is 9.08. The van der Waals surface area contributed by atoms with Crippen molar-refractivity contribution in [1.82, 2.24) is 5.06 Å². The molecule has 2 atom stereocenters. The molecule has 11 heteroatoms. The summed E-state index contributed by atoms with van der Waals surface area (Å²) >= 11 is 0. The van der Waals surface area contributed by atoms with Crippen LogP contribution in [0, 0.1) is 11.3 Å². The van der Waals surface area contributed by atoms with Crippen molar-refractivity contribution in [3.63, 3.8) is 0 Å². The zero-order valence-electron chi connectivity index (χ0n) is 17.1. The van der Waals surface area contributed by atoms with Gasteiger partial charge in [-0.25, -0.2) is 0 Å². The van der Waals surface area contributed by atoms with E-state index in [1.807, 2.05) is 6.07 Å². The monoisotopic (exact) mass is 427 g/mol. The highest BCUT2D eigenvalue weighted by atomic mass is 31.2. The van der Waals surface area contributed by atoms with Crippen molar-refractivity contribution in [2.24, 2.45) is 0 Å². The van der Waals surface area contributed by atoms with E-state index in [4.69, 9.17) is 23.4 Å². The van der Waals surface area contributed by atoms with Crippen LogP contribution in [0.25, 0.3) is 0 Å². The summed E-state index contributed by atoms with van der Waals surface area (Å²) < 4.78 is 34.2. The fourth-order valence-corrected chi connectivity index (χ4v) is 5.04. The molecule has 160 valence electrons. The van der Waals surface area contributed by atoms with Crippen LogP contribution in [0.2, 0.25) is 0 Å². The molecule has 0 spiro atoms. The topological polar surface area (TPSA) is 119 Å². The Bertz CT molecular complexity index is 816. The van der Waals surface area contributed by atoms with Crippen molar-refractivity contribution in [2.45, 2.75) is 32.2 Å². The lowest BCUT2D eigenvalue weighted by Crippen LogP contribution is -2.28. The minimum absolute atomic E-state index is 0.106. The molecule has 0 aliphatic carbocycles. The molecule has 1 aliphatic heterocycles. The van der Waals surface area contributed by atoms with Crippen LogP contribution in [-0.4, -0.2) is 57.3 Å². The van der Waals surface area contributed by atoms with Gasteiger partial charge in [0, 0.05) is 25.6 Å². The molecule has 1 saturated heterocycles. The Morgan fingerprint density at radius 3 is 2.38 bits per heavy atom. The first kappa shape index (κ1) is 23.1. The van der Waals surface area contributed by atoms with Gasteiger partial charge in [0.1, 0.15) is 11.9 Å². The molecular weight excluding hydrogens is 401 g/mol. The number of hydrogen-bond acceptors (Lipinski definition) is 9. The maximum absolute atomic E-state index is 13.0. The van der Waals surface area contributed by atoms with Gasteiger partial charge in [-0.05, 0) is 13.8 Å². The summed E-state index contributed by atoms with van der Waals surface area (Å²) in [5.41, 5.74) is 0.454. The standard InChI is InChI=1S/C18H26N3O7P/c1-6-26-29(23,27-7-2)17-10-16(28-21(17)3)18(22)20-13-9-15(25-5)14(24-4)8-12(13)11-19/h8-9,16-17H,6-7,10H2,1-5H3,(H,20,22)/t16-,17-/m1/s1. The summed E-state index contributed by atoms with van der Waals surface area (Å²) in [5.74, 6) is -0.490. The van der Waals surface area contributed by atoms with Crippen molar-refractivity contribution in [1.29, 1.82) is 5.26 Å². The molecule has 1 amide bonds. The van der Waals surface area contributed by atoms with E-state index in [0.29, 0.717) is 11.5 Å². The number of nitrogens with zero attached hydrogens (tertiary/aromatic N) is 2. The number of amides is 1. The number of methoxy groups -OCH3 is 2. The Morgan fingerprint density at radius 2 is 1.86 bits per heavy atom. The van der Waals surface area contributed by atoms with Crippen molar-refractivity contribution >= 4 is 19.2 Å². The van der Waals surface area contributed by atoms with Crippen molar-refractivity contribution < 1.29 is 32.7 Å². The first-order chi connectivity index (χ1) is 13.8. The lowest BCUT2D eigenvalue weighted by atomic mass is 10.1. The van der Waals surface area contributed by atoms with Crippen LogP contribution in [0.5, 0.6) is 11.5 Å². The third-order valence-electron chi connectivity index (χ3n) is 4.32. The summed E-state index contributed by atoms with van der Waals surface area (Å²) in [5, 5.41) is 13.4. The minimum atomic E-state index is -3.49. The van der Waals surface area contributed by atoms with Gasteiger partial charge in [0.2, 0.25) is 0 Å². The summed E-state index contributed by atoms with van der Waals surface area (Å²) in [7, 11) is 0.985. The van der Waals surface area contributed by atoms with E-state index in [-0.39, 0.29) is 30.9 Å². The van der Waals surface area contributed by atoms with Crippen LogP contribution in [0.15, 0.2) is 12.1 Å². The van der Waals surface area contributed by atoms with Gasteiger partial charge in [0.05, 0.1) is 38.7 Å². The Balaban J connectivity index is 2.20. The number of carbonyl (C=O) groups excluding carboxylic acids is 1. The van der Waals surface area contributed by atoms with E-state index in [1.54, 1.807) is 20.9 Å². The summed E-state index contributed by atoms with van der Waals surface area (Å²) in [4.78, 5) is 18.3. The van der Waals surface area contributed by atoms with Gasteiger partial charge in [-0.15, -0.1) is 0 Å². The molecule has 1 aliphatic rings. The minimum Gasteiger partial charge on any atom is -0.493 e. The molecular formula is C18H26N3O7P. The summed E-state index contributed by atoms with van der Waals surface area (Å²) in [6.07, 6.45) is -0.826. The second-order valence-corrected chi connectivity index (χ2v) is 8.28. The molecule has 1 aromatic rings. The molecule has 1 aromatic carbocycles. The average molecular weight is 427 g/mol. The molecule has 29 heavy (non-hydrogen) atoms. The van der Waals surface area contributed by atoms with Gasteiger partial charge in [0.25, 0.3) is 5.91 Å². The van der Waals surface area contributed by atoms with Gasteiger partial charge >= 0.3 is 7.60 Å². The Labute approximate surface area is 170 Å². The quantitative estimate of drug-likeness (QED) is 0.593. The third kappa shape index (κ3) is 5.07. The molecule has 0 aromatic heterocycles. The van der Waals surface area contributed by atoms with Crippen LogP contribution in [0.3, 0.4) is 0 Å². The molecule has 1 heterocycles. The van der Waals surface area contributed by atoms with Gasteiger partial charge < -0.3 is 23.8 Å². The highest BCUT2D eigenvalue weighted by Crippen LogP contribution is 2.57. The normalized spacial score (nSPS) is 19.6. The maximum Gasteiger partial charge on any atom is 0.350 e. The van der Waals surface area contributed by atoms with Crippen LogP contribution in [-0.2, 0) is 23.2 Å². The van der Waals surface area contributed by atoms with E-state index in [0.717, 1.165) is 0 Å². The number of carbonyl (C=O) groups is 1. The van der Waals surface area contributed by atoms with Crippen LogP contribution in [0.1, 0.15) is 25.8 Å². The average Bonchev–Trinajstić information content (AvgIpc) is 3.10. The Kier molecular flexibility index (Phi) is 8.02. The number of hydrogen-bond donors (Lipinski definition) is 1. The fourth-order valence-electron chi connectivity index (χ4n) is 2.99. The SMILES string of the molecule is CCOP(=O)(OCC)[C@@H]1C[C@H](C(=O)Nc2cc(OC)c(OC)cc2C#N)ON1C. The molecule has 1 N–H and O–H groups in total. The summed E-state index contributed by atoms with van der Waals surface area (Å²) in [6, 6.07) is 4.97. The fraction of sp³-hybridized carbons (Fsp3) is 0.556. The lowest BCUT2D eigenvalue weighted by molar-refractivity contribution is -0.155. The van der Waals surface area contributed by atoms with Crippen LogP contribution < -0.4 is 14.8 Å². The van der Waals surface area contributed by atoms with E-state index in [9.17, 15) is 14.6 Å². The number of hydroxylamine groups is 2. The zero-order valence-corrected chi connectivity index (χ0v) is 18.0. The van der Waals surface area contributed by atoms with Gasteiger partial charge in [-0.1, -0.05) is 0 Å². The second-order valence-electron chi connectivity index (χ2n) is 6.09. The molecule has 0 radical (unpaired) electrons. The zero-order chi connectivity index (χ0) is 21.6. The molecule has 0 saturated carbocycles. The number of rotatable bonds is 9. The lowest BCUT2D eigenvalue weighted by Gasteiger charge is -2.25. The largest absolute Gasteiger partial charge is 0.493 e. The van der Waals surface area contributed by atoms with Crippen molar-refractivity contribution in [3.8, 4) is 17.6 Å². The predicted molar refractivity (Wildman–Crippen MR) is 105 cm³/mol. The molecule has 0 bridgehead atoms. The molecule has 0 unspecified atom stereocenters. The Hall–Kier alpha value is -2.15. The molecule has 10 nitrogen and oxygen atoms in total. The highest BCUT2D eigenvalue weighted by Gasteiger charge is 2.48. The number of nitrogens with one attached hydrogen (secondary N) is 1. The van der Waals surface area contributed by atoms with Gasteiger partial charge in [0.15, 0.2) is 17.6 Å². The Morgan fingerprint density at radius 1 is 1.28 bits per heavy atom. The number of ether oxygens (including phenoxy) is 2. The number of nitriles is 1. The predicted octanol–water partition coefficient (Wildman–Crippen LogP) is 2.74. The van der Waals surface area contributed by atoms with E-state index >= 15 is 0 Å². The van der Waals surface area contributed by atoms with Crippen molar-refractivity contribution in [3.05, 3.63) is 17.7 Å². The number of anilines is 1. The van der Waals surface area contributed by atoms with Gasteiger partial charge in [-0.3, -0.25) is 14.2 Å². The highest BCUT2D eigenvalue weighted by molar-refractivity contribution is 7.54. The van der Waals surface area contributed by atoms with E-state index < -0.39 is 25.4 Å². The molecule has 1 fully saturated rings. The number of benzene rings is 1. The first-order valence-corrected chi connectivity index (χ1v) is 10.7. The van der Waals surface area contributed by atoms with Crippen LogP contribution >= 0.6 is 7.60 Å². The van der Waals surface area contributed by atoms with Crippen LogP contribution in [0.4, 0.5) is 5.69 Å². The maximum atomic E-state index is 13.0. The summed E-state index contributed by atoms with van der Waals surface area (Å²) in [6.45, 7) is 3.84. The van der Waals surface area contributed by atoms with Gasteiger partial charge in [-0.2, -0.15) is 10.3 Å². The van der Waals surface area contributed by atoms with Crippen molar-refractivity contribution in [2.75, 3.05) is 39.8 Å². The molecule has 2 rings (SSSR count). The van der Waals surface area contributed by atoms with E-state index in [2.05, 4.69) is 5.32 Å². The van der Waals surface area contributed by atoms with E-state index in [1.165, 1.54) is 31.4 Å².